The molecule has 0 spiro atoms. The predicted molar refractivity (Wildman–Crippen MR) is 99.0 cm³/mol. The van der Waals surface area contributed by atoms with Crippen molar-refractivity contribution in [1.29, 1.82) is 0 Å². The average molecular weight is 410 g/mol. The molecule has 1 amide bonds. The first kappa shape index (κ1) is 19.8. The number of alkyl halides is 3. The van der Waals surface area contributed by atoms with Crippen LogP contribution < -0.4 is 10.1 Å². The lowest BCUT2D eigenvalue weighted by Crippen LogP contribution is -2.20. The molecular weight excluding hydrogens is 395 g/mol. The molecule has 0 radical (unpaired) electrons. The largest absolute Gasteiger partial charge is 0.437 e. The molecule has 1 N–H and O–H groups in total. The minimum absolute atomic E-state index is 0.127. The molecule has 3 rings (SSSR count). The quantitative estimate of drug-likeness (QED) is 0.599. The zero-order valence-corrected chi connectivity index (χ0v) is 15.4. The lowest BCUT2D eigenvalue weighted by atomic mass is 10.1. The van der Waals surface area contributed by atoms with Gasteiger partial charge in [-0.15, -0.1) is 0 Å². The molecule has 9 heteroatoms. The van der Waals surface area contributed by atoms with Gasteiger partial charge in [0, 0.05) is 10.7 Å². The van der Waals surface area contributed by atoms with Crippen molar-refractivity contribution in [3.8, 4) is 11.4 Å². The highest BCUT2D eigenvalue weighted by Gasteiger charge is 2.40. The molecule has 2 aromatic carbocycles. The molecule has 0 aliphatic heterocycles. The van der Waals surface area contributed by atoms with Gasteiger partial charge in [0.2, 0.25) is 0 Å². The molecule has 0 unspecified atom stereocenters. The minimum atomic E-state index is -4.80. The molecular formula is C19H15ClF3N3O2. The van der Waals surface area contributed by atoms with E-state index in [4.69, 9.17) is 16.3 Å². The van der Waals surface area contributed by atoms with Crippen LogP contribution in [0.2, 0.25) is 5.02 Å². The Labute approximate surface area is 163 Å². The zero-order valence-electron chi connectivity index (χ0n) is 14.6. The molecule has 0 aliphatic carbocycles. The molecule has 0 bridgehead atoms. The molecule has 1 heterocycles. The maximum absolute atomic E-state index is 13.6. The standard InChI is InChI=1S/C19H15ClF3N3O2/c1-2-12-3-7-14(8-4-12)25-18(27)28-16-11-24-26(17(16)19(21,22)23)15-9-5-13(20)6-10-15/h3-11H,2H2,1H3,(H,25,27). The number of hydrogen-bond donors (Lipinski definition) is 1. The molecule has 0 saturated heterocycles. The molecule has 5 nitrogen and oxygen atoms in total. The van der Waals surface area contributed by atoms with Gasteiger partial charge in [-0.25, -0.2) is 9.48 Å². The van der Waals surface area contributed by atoms with Crippen molar-refractivity contribution in [2.24, 2.45) is 0 Å². The Balaban J connectivity index is 1.85. The van der Waals surface area contributed by atoms with Gasteiger partial charge in [-0.05, 0) is 48.4 Å². The smallest absolute Gasteiger partial charge is 0.406 e. The SMILES string of the molecule is CCc1ccc(NC(=O)Oc2cnn(-c3ccc(Cl)cc3)c2C(F)(F)F)cc1. The first-order chi connectivity index (χ1) is 13.3. The van der Waals surface area contributed by atoms with Gasteiger partial charge in [0.1, 0.15) is 0 Å². The van der Waals surface area contributed by atoms with E-state index in [1.807, 2.05) is 6.92 Å². The van der Waals surface area contributed by atoms with Crippen molar-refractivity contribution in [3.05, 3.63) is 71.0 Å². The topological polar surface area (TPSA) is 56.1 Å². The van der Waals surface area contributed by atoms with Crippen LogP contribution in [0.15, 0.2) is 54.7 Å². The number of amides is 1. The van der Waals surface area contributed by atoms with Crippen LogP contribution in [-0.4, -0.2) is 15.9 Å². The van der Waals surface area contributed by atoms with Gasteiger partial charge in [-0.3, -0.25) is 5.32 Å². The number of anilines is 1. The van der Waals surface area contributed by atoms with Crippen molar-refractivity contribution in [1.82, 2.24) is 9.78 Å². The Morgan fingerprint density at radius 2 is 1.79 bits per heavy atom. The van der Waals surface area contributed by atoms with E-state index in [1.165, 1.54) is 24.3 Å². The number of carbonyl (C=O) groups excluding carboxylic acids is 1. The molecule has 146 valence electrons. The molecule has 0 saturated carbocycles. The van der Waals surface area contributed by atoms with Gasteiger partial charge in [-0.2, -0.15) is 18.3 Å². The van der Waals surface area contributed by atoms with Gasteiger partial charge in [-0.1, -0.05) is 30.7 Å². The van der Waals surface area contributed by atoms with Crippen LogP contribution in [0, 0.1) is 0 Å². The fourth-order valence-electron chi connectivity index (χ4n) is 2.51. The van der Waals surface area contributed by atoms with Gasteiger partial charge < -0.3 is 4.74 Å². The van der Waals surface area contributed by atoms with Crippen molar-refractivity contribution >= 4 is 23.4 Å². The number of nitrogens with one attached hydrogen (secondary N) is 1. The van der Waals surface area contributed by atoms with Crippen molar-refractivity contribution in [2.45, 2.75) is 19.5 Å². The molecule has 0 fully saturated rings. The van der Waals surface area contributed by atoms with E-state index >= 15 is 0 Å². The van der Waals surface area contributed by atoms with E-state index in [2.05, 4.69) is 10.4 Å². The van der Waals surface area contributed by atoms with Crippen molar-refractivity contribution < 1.29 is 22.7 Å². The van der Waals surface area contributed by atoms with Gasteiger partial charge in [0.05, 0.1) is 11.9 Å². The van der Waals surface area contributed by atoms with E-state index in [0.717, 1.165) is 18.2 Å². The van der Waals surface area contributed by atoms with Crippen LogP contribution in [0.25, 0.3) is 5.69 Å². The van der Waals surface area contributed by atoms with Crippen LogP contribution >= 0.6 is 11.6 Å². The Kier molecular flexibility index (Phi) is 5.60. The van der Waals surface area contributed by atoms with E-state index in [-0.39, 0.29) is 5.69 Å². The minimum Gasteiger partial charge on any atom is -0.406 e. The van der Waals surface area contributed by atoms with Crippen LogP contribution in [0.1, 0.15) is 18.2 Å². The highest BCUT2D eigenvalue weighted by atomic mass is 35.5. The summed E-state index contributed by atoms with van der Waals surface area (Å²) in [5, 5.41) is 6.48. The number of halogens is 4. The summed E-state index contributed by atoms with van der Waals surface area (Å²) >= 11 is 5.77. The average Bonchev–Trinajstić information content (AvgIpc) is 3.06. The van der Waals surface area contributed by atoms with Crippen LogP contribution in [-0.2, 0) is 12.6 Å². The van der Waals surface area contributed by atoms with Crippen LogP contribution in [0.4, 0.5) is 23.7 Å². The summed E-state index contributed by atoms with van der Waals surface area (Å²) in [6.07, 6.45) is -4.18. The number of rotatable bonds is 4. The predicted octanol–water partition coefficient (Wildman–Crippen LogP) is 5.72. The van der Waals surface area contributed by atoms with Gasteiger partial charge in [0.25, 0.3) is 0 Å². The number of aryl methyl sites for hydroxylation is 1. The summed E-state index contributed by atoms with van der Waals surface area (Å²) in [7, 11) is 0. The highest BCUT2D eigenvalue weighted by molar-refractivity contribution is 6.30. The lowest BCUT2D eigenvalue weighted by molar-refractivity contribution is -0.143. The van der Waals surface area contributed by atoms with Crippen LogP contribution in [0.5, 0.6) is 5.75 Å². The molecule has 0 aliphatic rings. The van der Waals surface area contributed by atoms with E-state index < -0.39 is 23.7 Å². The highest BCUT2D eigenvalue weighted by Crippen LogP contribution is 2.37. The fourth-order valence-corrected chi connectivity index (χ4v) is 2.64. The number of carbonyl (C=O) groups is 1. The maximum Gasteiger partial charge on any atom is 0.437 e. The first-order valence-electron chi connectivity index (χ1n) is 8.27. The van der Waals surface area contributed by atoms with E-state index in [9.17, 15) is 18.0 Å². The van der Waals surface area contributed by atoms with E-state index in [1.54, 1.807) is 24.3 Å². The first-order valence-corrected chi connectivity index (χ1v) is 8.64. The van der Waals surface area contributed by atoms with Crippen LogP contribution in [0.3, 0.4) is 0 Å². The summed E-state index contributed by atoms with van der Waals surface area (Å²) < 4.78 is 46.2. The molecule has 0 atom stereocenters. The Bertz CT molecular complexity index is 968. The van der Waals surface area contributed by atoms with Gasteiger partial charge in [0.15, 0.2) is 11.4 Å². The normalized spacial score (nSPS) is 11.3. The Hall–Kier alpha value is -3.00. The zero-order chi connectivity index (χ0) is 20.3. The number of ether oxygens (including phenoxy) is 1. The number of aromatic nitrogens is 2. The molecule has 28 heavy (non-hydrogen) atoms. The second kappa shape index (κ2) is 7.93. The van der Waals surface area contributed by atoms with Crippen molar-refractivity contribution in [2.75, 3.05) is 5.32 Å². The third kappa shape index (κ3) is 4.45. The summed E-state index contributed by atoms with van der Waals surface area (Å²) in [6, 6.07) is 12.5. The summed E-state index contributed by atoms with van der Waals surface area (Å²) in [4.78, 5) is 12.1. The second-order valence-corrected chi connectivity index (χ2v) is 6.24. The van der Waals surface area contributed by atoms with Gasteiger partial charge >= 0.3 is 12.3 Å². The molecule has 3 aromatic rings. The third-order valence-corrected chi connectivity index (χ3v) is 4.14. The molecule has 1 aromatic heterocycles. The summed E-state index contributed by atoms with van der Waals surface area (Å²) in [5.74, 6) is -0.704. The summed E-state index contributed by atoms with van der Waals surface area (Å²) in [5.41, 5.74) is 0.386. The maximum atomic E-state index is 13.6. The van der Waals surface area contributed by atoms with E-state index in [0.29, 0.717) is 15.4 Å². The van der Waals surface area contributed by atoms with Crippen molar-refractivity contribution in [3.63, 3.8) is 0 Å². The fraction of sp³-hybridized carbons (Fsp3) is 0.158. The Morgan fingerprint density at radius 3 is 2.36 bits per heavy atom. The number of benzene rings is 2. The number of hydrogen-bond acceptors (Lipinski definition) is 3. The summed E-state index contributed by atoms with van der Waals surface area (Å²) in [6.45, 7) is 1.98. The third-order valence-electron chi connectivity index (χ3n) is 3.89. The Morgan fingerprint density at radius 1 is 1.14 bits per heavy atom. The monoisotopic (exact) mass is 409 g/mol. The second-order valence-electron chi connectivity index (χ2n) is 5.81. The lowest BCUT2D eigenvalue weighted by Gasteiger charge is -2.13. The number of nitrogens with zero attached hydrogens (tertiary/aromatic N) is 2.